The first-order valence-electron chi connectivity index (χ1n) is 7.09. The molecule has 1 amide bonds. The molecular weight excluding hydrogens is 332 g/mol. The van der Waals surface area contributed by atoms with Crippen molar-refractivity contribution in [2.75, 3.05) is 24.0 Å². The van der Waals surface area contributed by atoms with Gasteiger partial charge in [0.1, 0.15) is 11.8 Å². The average Bonchev–Trinajstić information content (AvgIpc) is 2.55. The number of nitrogens with one attached hydrogen (secondary N) is 2. The van der Waals surface area contributed by atoms with Crippen molar-refractivity contribution in [2.24, 2.45) is 0 Å². The third kappa shape index (κ3) is 4.56. The monoisotopic (exact) mass is 350 g/mol. The summed E-state index contributed by atoms with van der Waals surface area (Å²) in [5.41, 5.74) is 1.57. The van der Waals surface area contributed by atoms with Gasteiger partial charge in [0.25, 0.3) is 0 Å². The van der Waals surface area contributed by atoms with E-state index in [4.69, 9.17) is 16.3 Å². The van der Waals surface area contributed by atoms with E-state index < -0.39 is 6.04 Å². The van der Waals surface area contributed by atoms with Crippen LogP contribution in [0.1, 0.15) is 6.92 Å². The highest BCUT2D eigenvalue weighted by Gasteiger charge is 2.15. The Labute approximate surface area is 145 Å². The number of para-hydroxylation sites is 1. The number of methoxy groups -OCH3 is 1. The molecule has 0 saturated heterocycles. The van der Waals surface area contributed by atoms with Crippen LogP contribution in [0, 0.1) is 0 Å². The van der Waals surface area contributed by atoms with E-state index >= 15 is 0 Å². The van der Waals surface area contributed by atoms with Gasteiger partial charge in [-0.15, -0.1) is 11.8 Å². The van der Waals surface area contributed by atoms with Gasteiger partial charge in [-0.2, -0.15) is 0 Å². The maximum atomic E-state index is 12.4. The smallest absolute Gasteiger partial charge is 0.246 e. The second-order valence-electron chi connectivity index (χ2n) is 4.90. The average molecular weight is 351 g/mol. The number of carbonyl (C=O) groups is 1. The van der Waals surface area contributed by atoms with Crippen molar-refractivity contribution in [3.63, 3.8) is 0 Å². The van der Waals surface area contributed by atoms with E-state index in [1.54, 1.807) is 37.9 Å². The SMILES string of the molecule is COc1ccc(N[C@@H](C)C(=O)Nc2ccccc2SC)cc1Cl. The van der Waals surface area contributed by atoms with Crippen LogP contribution in [0.5, 0.6) is 5.75 Å². The summed E-state index contributed by atoms with van der Waals surface area (Å²) >= 11 is 7.69. The standard InChI is InChI=1S/C17H19ClN2O2S/c1-11(19-12-8-9-15(22-2)13(18)10-12)17(21)20-14-6-4-5-7-16(14)23-3/h4-11,19H,1-3H3,(H,20,21)/t11-/m0/s1. The van der Waals surface area contributed by atoms with Gasteiger partial charge in [-0.1, -0.05) is 23.7 Å². The predicted octanol–water partition coefficient (Wildman–Crippen LogP) is 4.51. The van der Waals surface area contributed by atoms with Crippen LogP contribution in [0.2, 0.25) is 5.02 Å². The lowest BCUT2D eigenvalue weighted by molar-refractivity contribution is -0.116. The molecular formula is C17H19ClN2O2S. The summed E-state index contributed by atoms with van der Waals surface area (Å²) in [6.45, 7) is 1.80. The van der Waals surface area contributed by atoms with Crippen LogP contribution in [-0.4, -0.2) is 25.3 Å². The van der Waals surface area contributed by atoms with E-state index in [-0.39, 0.29) is 5.91 Å². The molecule has 2 N–H and O–H groups in total. The molecule has 6 heteroatoms. The number of hydrogen-bond donors (Lipinski definition) is 2. The highest BCUT2D eigenvalue weighted by molar-refractivity contribution is 7.98. The summed E-state index contributed by atoms with van der Waals surface area (Å²) in [6.07, 6.45) is 1.98. The quantitative estimate of drug-likeness (QED) is 0.752. The van der Waals surface area contributed by atoms with Crippen LogP contribution in [0.25, 0.3) is 0 Å². The van der Waals surface area contributed by atoms with E-state index in [0.29, 0.717) is 10.8 Å². The Morgan fingerprint density at radius 2 is 2.00 bits per heavy atom. The summed E-state index contributed by atoms with van der Waals surface area (Å²) in [7, 11) is 1.56. The van der Waals surface area contributed by atoms with Crippen molar-refractivity contribution < 1.29 is 9.53 Å². The van der Waals surface area contributed by atoms with E-state index in [9.17, 15) is 4.79 Å². The molecule has 2 aromatic carbocycles. The molecule has 2 rings (SSSR count). The second-order valence-corrected chi connectivity index (χ2v) is 6.16. The van der Waals surface area contributed by atoms with Crippen LogP contribution in [0.15, 0.2) is 47.4 Å². The first kappa shape index (κ1) is 17.5. The highest BCUT2D eigenvalue weighted by atomic mass is 35.5. The Bertz CT molecular complexity index is 694. The summed E-state index contributed by atoms with van der Waals surface area (Å²) in [4.78, 5) is 13.4. The van der Waals surface area contributed by atoms with E-state index in [2.05, 4.69) is 10.6 Å². The van der Waals surface area contributed by atoms with Gasteiger partial charge >= 0.3 is 0 Å². The van der Waals surface area contributed by atoms with E-state index in [0.717, 1.165) is 16.3 Å². The van der Waals surface area contributed by atoms with Crippen molar-refractivity contribution in [1.29, 1.82) is 0 Å². The Morgan fingerprint density at radius 1 is 1.26 bits per heavy atom. The normalized spacial score (nSPS) is 11.7. The number of halogens is 1. The fraction of sp³-hybridized carbons (Fsp3) is 0.235. The zero-order chi connectivity index (χ0) is 16.8. The number of ether oxygens (including phenoxy) is 1. The van der Waals surface area contributed by atoms with Crippen molar-refractivity contribution >= 4 is 40.6 Å². The number of thioether (sulfide) groups is 1. The van der Waals surface area contributed by atoms with E-state index in [1.165, 1.54) is 0 Å². The van der Waals surface area contributed by atoms with Crippen LogP contribution < -0.4 is 15.4 Å². The zero-order valence-corrected chi connectivity index (χ0v) is 14.8. The van der Waals surface area contributed by atoms with Crippen molar-refractivity contribution in [1.82, 2.24) is 0 Å². The van der Waals surface area contributed by atoms with Crippen LogP contribution in [0.3, 0.4) is 0 Å². The zero-order valence-electron chi connectivity index (χ0n) is 13.2. The highest BCUT2D eigenvalue weighted by Crippen LogP contribution is 2.28. The fourth-order valence-electron chi connectivity index (χ4n) is 2.06. The topological polar surface area (TPSA) is 50.4 Å². The fourth-order valence-corrected chi connectivity index (χ4v) is 2.87. The number of benzene rings is 2. The molecule has 0 fully saturated rings. The molecule has 2 aromatic rings. The molecule has 122 valence electrons. The van der Waals surface area contributed by atoms with Crippen molar-refractivity contribution in [3.8, 4) is 5.75 Å². The maximum absolute atomic E-state index is 12.4. The molecule has 0 aliphatic rings. The third-order valence-corrected chi connectivity index (χ3v) is 4.38. The molecule has 0 heterocycles. The molecule has 0 aliphatic heterocycles. The number of carbonyl (C=O) groups excluding carboxylic acids is 1. The molecule has 0 bridgehead atoms. The van der Waals surface area contributed by atoms with Crippen molar-refractivity contribution in [2.45, 2.75) is 17.9 Å². The molecule has 4 nitrogen and oxygen atoms in total. The molecule has 0 aliphatic carbocycles. The first-order chi connectivity index (χ1) is 11.0. The largest absolute Gasteiger partial charge is 0.495 e. The number of anilines is 2. The number of hydrogen-bond acceptors (Lipinski definition) is 4. The Morgan fingerprint density at radius 3 is 2.65 bits per heavy atom. The van der Waals surface area contributed by atoms with Crippen molar-refractivity contribution in [3.05, 3.63) is 47.5 Å². The lowest BCUT2D eigenvalue weighted by atomic mass is 10.2. The summed E-state index contributed by atoms with van der Waals surface area (Å²) in [5.74, 6) is 0.488. The first-order valence-corrected chi connectivity index (χ1v) is 8.69. The summed E-state index contributed by atoms with van der Waals surface area (Å²) in [5, 5.41) is 6.57. The van der Waals surface area contributed by atoms with Gasteiger partial charge in [0.2, 0.25) is 5.91 Å². The Kier molecular flexibility index (Phi) is 6.19. The van der Waals surface area contributed by atoms with Gasteiger partial charge in [-0.05, 0) is 43.5 Å². The Hall–Kier alpha value is -1.85. The molecule has 1 atom stereocenters. The molecule has 23 heavy (non-hydrogen) atoms. The third-order valence-electron chi connectivity index (χ3n) is 3.29. The van der Waals surface area contributed by atoms with Gasteiger partial charge in [0.15, 0.2) is 0 Å². The summed E-state index contributed by atoms with van der Waals surface area (Å²) in [6, 6.07) is 12.6. The molecule has 0 aromatic heterocycles. The predicted molar refractivity (Wildman–Crippen MR) is 97.9 cm³/mol. The molecule has 0 spiro atoms. The van der Waals surface area contributed by atoms with Crippen LogP contribution in [0.4, 0.5) is 11.4 Å². The summed E-state index contributed by atoms with van der Waals surface area (Å²) < 4.78 is 5.12. The lowest BCUT2D eigenvalue weighted by Crippen LogP contribution is -2.32. The van der Waals surface area contributed by atoms with Gasteiger partial charge in [0.05, 0.1) is 17.8 Å². The van der Waals surface area contributed by atoms with Gasteiger partial charge in [-0.25, -0.2) is 0 Å². The minimum absolute atomic E-state index is 0.113. The van der Waals surface area contributed by atoms with Gasteiger partial charge < -0.3 is 15.4 Å². The van der Waals surface area contributed by atoms with Crippen LogP contribution >= 0.6 is 23.4 Å². The molecule has 0 unspecified atom stereocenters. The van der Waals surface area contributed by atoms with Gasteiger partial charge in [0, 0.05) is 10.6 Å². The second kappa shape index (κ2) is 8.13. The minimum Gasteiger partial charge on any atom is -0.495 e. The van der Waals surface area contributed by atoms with Gasteiger partial charge in [-0.3, -0.25) is 4.79 Å². The Balaban J connectivity index is 2.04. The molecule has 0 saturated carbocycles. The maximum Gasteiger partial charge on any atom is 0.246 e. The number of rotatable bonds is 6. The van der Waals surface area contributed by atoms with Crippen LogP contribution in [-0.2, 0) is 4.79 Å². The lowest BCUT2D eigenvalue weighted by Gasteiger charge is -2.17. The minimum atomic E-state index is -0.408. The van der Waals surface area contributed by atoms with E-state index in [1.807, 2.05) is 36.6 Å². The molecule has 0 radical (unpaired) electrons. The number of amides is 1.